The van der Waals surface area contributed by atoms with Crippen molar-refractivity contribution in [1.82, 2.24) is 4.98 Å². The third-order valence-corrected chi connectivity index (χ3v) is 3.45. The summed E-state index contributed by atoms with van der Waals surface area (Å²) in [7, 11) is 0. The molecule has 1 aromatic carbocycles. The molecule has 1 aromatic heterocycles. The van der Waals surface area contributed by atoms with Crippen LogP contribution in [-0.2, 0) is 6.42 Å². The van der Waals surface area contributed by atoms with Gasteiger partial charge in [0.05, 0.1) is 11.1 Å². The van der Waals surface area contributed by atoms with Crippen molar-refractivity contribution < 1.29 is 5.11 Å². The molecule has 94 valence electrons. The number of halogens is 2. The molecule has 2 aromatic rings. The van der Waals surface area contributed by atoms with Crippen molar-refractivity contribution in [3.63, 3.8) is 0 Å². The molecule has 0 aliphatic heterocycles. The number of benzene rings is 1. The molecule has 18 heavy (non-hydrogen) atoms. The van der Waals surface area contributed by atoms with Crippen molar-refractivity contribution in [3.8, 4) is 0 Å². The summed E-state index contributed by atoms with van der Waals surface area (Å²) in [4.78, 5) is 3.92. The molecule has 0 spiro atoms. The molecule has 0 aliphatic rings. The van der Waals surface area contributed by atoms with Crippen molar-refractivity contribution in [1.29, 1.82) is 0 Å². The van der Waals surface area contributed by atoms with Gasteiger partial charge in [0.15, 0.2) is 0 Å². The van der Waals surface area contributed by atoms with Crippen LogP contribution < -0.4 is 0 Å². The third kappa shape index (κ3) is 3.02. The Morgan fingerprint density at radius 1 is 1.28 bits per heavy atom. The average molecular weight is 282 g/mol. The van der Waals surface area contributed by atoms with E-state index in [9.17, 15) is 5.11 Å². The summed E-state index contributed by atoms with van der Waals surface area (Å²) < 4.78 is 0. The van der Waals surface area contributed by atoms with Gasteiger partial charge in [-0.25, -0.2) is 0 Å². The van der Waals surface area contributed by atoms with Crippen molar-refractivity contribution in [2.75, 3.05) is 0 Å². The minimum Gasteiger partial charge on any atom is -0.388 e. The number of hydrogen-bond acceptors (Lipinski definition) is 2. The number of aromatic nitrogens is 1. The molecule has 4 heteroatoms. The average Bonchev–Trinajstić information content (AvgIpc) is 2.35. The molecule has 2 nitrogen and oxygen atoms in total. The predicted molar refractivity (Wildman–Crippen MR) is 74.1 cm³/mol. The minimum absolute atomic E-state index is 0.447. The van der Waals surface area contributed by atoms with E-state index in [2.05, 4.69) is 4.98 Å². The highest BCUT2D eigenvalue weighted by Gasteiger charge is 2.13. The fraction of sp³-hybridized carbons (Fsp3) is 0.214. The summed E-state index contributed by atoms with van der Waals surface area (Å²) >= 11 is 12.0. The minimum atomic E-state index is -0.622. The van der Waals surface area contributed by atoms with Gasteiger partial charge in [-0.2, -0.15) is 0 Å². The Morgan fingerprint density at radius 2 is 2.06 bits per heavy atom. The van der Waals surface area contributed by atoms with Gasteiger partial charge in [-0.05, 0) is 41.8 Å². The van der Waals surface area contributed by atoms with Gasteiger partial charge in [0.25, 0.3) is 0 Å². The Balaban J connectivity index is 2.25. The van der Waals surface area contributed by atoms with Crippen LogP contribution in [0, 0.1) is 6.92 Å². The van der Waals surface area contributed by atoms with Crippen molar-refractivity contribution >= 4 is 23.2 Å². The number of pyridine rings is 1. The van der Waals surface area contributed by atoms with Gasteiger partial charge in [-0.15, -0.1) is 0 Å². The fourth-order valence-corrected chi connectivity index (χ4v) is 2.24. The maximum Gasteiger partial charge on any atom is 0.0834 e. The summed E-state index contributed by atoms with van der Waals surface area (Å²) in [6.07, 6.45) is 3.07. The fourth-order valence-electron chi connectivity index (χ4n) is 1.86. The lowest BCUT2D eigenvalue weighted by Gasteiger charge is -2.14. The molecule has 0 bridgehead atoms. The van der Waals surface area contributed by atoms with Crippen LogP contribution in [0.4, 0.5) is 0 Å². The second kappa shape index (κ2) is 5.70. The van der Waals surface area contributed by atoms with Crippen molar-refractivity contribution in [2.45, 2.75) is 19.4 Å². The lowest BCUT2D eigenvalue weighted by molar-refractivity contribution is 0.177. The van der Waals surface area contributed by atoms with Crippen molar-refractivity contribution in [3.05, 3.63) is 63.4 Å². The van der Waals surface area contributed by atoms with E-state index >= 15 is 0 Å². The quantitative estimate of drug-likeness (QED) is 0.923. The molecule has 0 saturated heterocycles. The van der Waals surface area contributed by atoms with E-state index in [4.69, 9.17) is 23.2 Å². The van der Waals surface area contributed by atoms with Gasteiger partial charge in [-0.1, -0.05) is 29.3 Å². The number of rotatable bonds is 3. The first-order valence-corrected chi connectivity index (χ1v) is 6.36. The zero-order valence-electron chi connectivity index (χ0n) is 9.90. The summed E-state index contributed by atoms with van der Waals surface area (Å²) in [5, 5.41) is 11.5. The normalized spacial score (nSPS) is 12.4. The molecule has 0 radical (unpaired) electrons. The van der Waals surface area contributed by atoms with Crippen LogP contribution in [-0.4, -0.2) is 10.1 Å². The second-order valence-electron chi connectivity index (χ2n) is 4.19. The lowest BCUT2D eigenvalue weighted by Crippen LogP contribution is -2.04. The van der Waals surface area contributed by atoms with E-state index < -0.39 is 6.10 Å². The SMILES string of the molecule is Cc1ccc(Cl)cc1C(O)Cc1ccncc1Cl. The highest BCUT2D eigenvalue weighted by atomic mass is 35.5. The van der Waals surface area contributed by atoms with E-state index in [1.807, 2.05) is 25.1 Å². The largest absolute Gasteiger partial charge is 0.388 e. The molecular weight excluding hydrogens is 269 g/mol. The number of aryl methyl sites for hydroxylation is 1. The molecule has 1 heterocycles. The highest BCUT2D eigenvalue weighted by molar-refractivity contribution is 6.31. The smallest absolute Gasteiger partial charge is 0.0834 e. The zero-order valence-corrected chi connectivity index (χ0v) is 11.4. The zero-order chi connectivity index (χ0) is 13.1. The first-order chi connectivity index (χ1) is 8.58. The first-order valence-electron chi connectivity index (χ1n) is 5.60. The van der Waals surface area contributed by atoms with Crippen molar-refractivity contribution in [2.24, 2.45) is 0 Å². The summed E-state index contributed by atoms with van der Waals surface area (Å²) in [5.74, 6) is 0. The number of aliphatic hydroxyl groups is 1. The number of aliphatic hydroxyl groups excluding tert-OH is 1. The van der Waals surface area contributed by atoms with E-state index in [0.717, 1.165) is 16.7 Å². The van der Waals surface area contributed by atoms with E-state index in [1.54, 1.807) is 18.5 Å². The van der Waals surface area contributed by atoms with E-state index in [-0.39, 0.29) is 0 Å². The van der Waals surface area contributed by atoms with Gasteiger partial charge in [0, 0.05) is 23.8 Å². The Labute approximate surface area is 116 Å². The van der Waals surface area contributed by atoms with E-state index in [0.29, 0.717) is 16.5 Å². The maximum absolute atomic E-state index is 10.3. The topological polar surface area (TPSA) is 33.1 Å². The highest BCUT2D eigenvalue weighted by Crippen LogP contribution is 2.26. The molecule has 1 N–H and O–H groups in total. The van der Waals surface area contributed by atoms with Gasteiger partial charge < -0.3 is 5.11 Å². The molecule has 0 aliphatic carbocycles. The molecule has 2 rings (SSSR count). The first kappa shape index (κ1) is 13.3. The molecule has 0 amide bonds. The molecular formula is C14H13Cl2NO. The second-order valence-corrected chi connectivity index (χ2v) is 5.03. The lowest BCUT2D eigenvalue weighted by atomic mass is 9.98. The summed E-state index contributed by atoms with van der Waals surface area (Å²) in [6.45, 7) is 1.95. The van der Waals surface area contributed by atoms with Crippen LogP contribution in [0.2, 0.25) is 10.0 Å². The summed E-state index contributed by atoms with van der Waals surface area (Å²) in [6, 6.07) is 7.31. The van der Waals surface area contributed by atoms with Gasteiger partial charge in [0.2, 0.25) is 0 Å². The molecule has 0 fully saturated rings. The Bertz CT molecular complexity index is 557. The standard InChI is InChI=1S/C14H13Cl2NO/c1-9-2-3-11(15)7-12(9)14(18)6-10-4-5-17-8-13(10)16/h2-5,7-8,14,18H,6H2,1H3. The van der Waals surface area contributed by atoms with Crippen LogP contribution in [0.15, 0.2) is 36.7 Å². The third-order valence-electron chi connectivity index (χ3n) is 2.87. The number of hydrogen-bond donors (Lipinski definition) is 1. The molecule has 1 unspecified atom stereocenters. The predicted octanol–water partition coefficient (Wildman–Crippen LogP) is 3.97. The van der Waals surface area contributed by atoms with Crippen LogP contribution in [0.3, 0.4) is 0 Å². The monoisotopic (exact) mass is 281 g/mol. The maximum atomic E-state index is 10.3. The Hall–Kier alpha value is -1.09. The van der Waals surface area contributed by atoms with Crippen LogP contribution in [0.5, 0.6) is 0 Å². The van der Waals surface area contributed by atoms with Crippen LogP contribution in [0.1, 0.15) is 22.8 Å². The summed E-state index contributed by atoms with van der Waals surface area (Å²) in [5.41, 5.74) is 2.71. The van der Waals surface area contributed by atoms with Crippen LogP contribution in [0.25, 0.3) is 0 Å². The van der Waals surface area contributed by atoms with Gasteiger partial charge in [-0.3, -0.25) is 4.98 Å². The molecule has 1 atom stereocenters. The van der Waals surface area contributed by atoms with Gasteiger partial charge >= 0.3 is 0 Å². The van der Waals surface area contributed by atoms with Gasteiger partial charge in [0.1, 0.15) is 0 Å². The Kier molecular flexibility index (Phi) is 4.23. The van der Waals surface area contributed by atoms with Crippen LogP contribution >= 0.6 is 23.2 Å². The van der Waals surface area contributed by atoms with E-state index in [1.165, 1.54) is 0 Å². The number of nitrogens with zero attached hydrogens (tertiary/aromatic N) is 1. The Morgan fingerprint density at radius 3 is 2.78 bits per heavy atom. The molecule has 0 saturated carbocycles.